The van der Waals surface area contributed by atoms with Crippen LogP contribution in [-0.2, 0) is 0 Å². The fourth-order valence-electron chi connectivity index (χ4n) is 10.5. The molecule has 4 saturated carbocycles. The van der Waals surface area contributed by atoms with E-state index in [9.17, 15) is 10.2 Å². The number of hydrogen-bond acceptors (Lipinski definition) is 2. The summed E-state index contributed by atoms with van der Waals surface area (Å²) in [6.45, 7) is 19.5. The highest BCUT2D eigenvalue weighted by Crippen LogP contribution is 2.74. The lowest BCUT2D eigenvalue weighted by Gasteiger charge is -2.68. The molecule has 10 atom stereocenters. The molecule has 4 rings (SSSR count). The summed E-state index contributed by atoms with van der Waals surface area (Å²) in [6.07, 6.45) is 11.9. The van der Waals surface area contributed by atoms with E-state index in [0.29, 0.717) is 23.2 Å². The Hall–Kier alpha value is -0.0800. The summed E-state index contributed by atoms with van der Waals surface area (Å²) in [4.78, 5) is 0. The van der Waals surface area contributed by atoms with Gasteiger partial charge in [-0.2, -0.15) is 0 Å². The molecule has 0 saturated heterocycles. The summed E-state index contributed by atoms with van der Waals surface area (Å²) in [6, 6.07) is 0. The van der Waals surface area contributed by atoms with Crippen molar-refractivity contribution in [3.8, 4) is 0 Å². The molecule has 186 valence electrons. The predicted octanol–water partition coefficient (Wildman–Crippen LogP) is 7.47. The van der Waals surface area contributed by atoms with Crippen molar-refractivity contribution in [2.75, 3.05) is 0 Å². The number of fused-ring (bicyclic) bond motifs is 5. The van der Waals surface area contributed by atoms with Crippen molar-refractivity contribution < 1.29 is 10.2 Å². The first-order valence-electron chi connectivity index (χ1n) is 14.1. The summed E-state index contributed by atoms with van der Waals surface area (Å²) < 4.78 is 0. The Kier molecular flexibility index (Phi) is 6.45. The van der Waals surface area contributed by atoms with E-state index >= 15 is 0 Å². The Bertz CT molecular complexity index is 684. The third kappa shape index (κ3) is 3.47. The van der Waals surface area contributed by atoms with Gasteiger partial charge in [0.1, 0.15) is 0 Å². The van der Waals surface area contributed by atoms with Crippen molar-refractivity contribution in [3.63, 3.8) is 0 Å². The molecule has 2 nitrogen and oxygen atoms in total. The molecule has 0 aromatic heterocycles. The molecule has 0 bridgehead atoms. The smallest absolute Gasteiger partial charge is 0.0594 e. The van der Waals surface area contributed by atoms with E-state index < -0.39 is 0 Å². The van der Waals surface area contributed by atoms with Crippen LogP contribution in [0.15, 0.2) is 0 Å². The topological polar surface area (TPSA) is 40.5 Å². The Morgan fingerprint density at radius 3 is 2.12 bits per heavy atom. The van der Waals surface area contributed by atoms with Gasteiger partial charge in [0, 0.05) is 0 Å². The van der Waals surface area contributed by atoms with E-state index in [1.807, 2.05) is 0 Å². The lowest BCUT2D eigenvalue weighted by atomic mass is 9.37. The molecular formula is C30H54O2. The molecule has 4 fully saturated rings. The van der Waals surface area contributed by atoms with Crippen LogP contribution < -0.4 is 0 Å². The van der Waals surface area contributed by atoms with Crippen LogP contribution in [0.25, 0.3) is 0 Å². The van der Waals surface area contributed by atoms with Crippen LogP contribution in [0.2, 0.25) is 0 Å². The van der Waals surface area contributed by atoms with E-state index in [1.165, 1.54) is 44.9 Å². The van der Waals surface area contributed by atoms with Gasteiger partial charge in [0.25, 0.3) is 0 Å². The van der Waals surface area contributed by atoms with Gasteiger partial charge in [0.15, 0.2) is 0 Å². The second kappa shape index (κ2) is 8.25. The highest BCUT2D eigenvalue weighted by atomic mass is 16.3. The lowest BCUT2D eigenvalue weighted by molar-refractivity contribution is -0.234. The number of rotatable bonds is 5. The maximum Gasteiger partial charge on any atom is 0.0594 e. The van der Waals surface area contributed by atoms with Gasteiger partial charge in [-0.1, -0.05) is 74.7 Å². The second-order valence-electron chi connectivity index (χ2n) is 14.7. The maximum atomic E-state index is 11.7. The first-order chi connectivity index (χ1) is 14.8. The highest BCUT2D eigenvalue weighted by molar-refractivity contribution is 5.18. The molecule has 4 aliphatic carbocycles. The average molecular weight is 447 g/mol. The fraction of sp³-hybridized carbons (Fsp3) is 1.00. The first-order valence-corrected chi connectivity index (χ1v) is 14.1. The van der Waals surface area contributed by atoms with Gasteiger partial charge in [0.2, 0.25) is 0 Å². The van der Waals surface area contributed by atoms with Gasteiger partial charge < -0.3 is 10.2 Å². The third-order valence-corrected chi connectivity index (χ3v) is 12.6. The van der Waals surface area contributed by atoms with Crippen LogP contribution in [0.1, 0.15) is 120 Å². The Morgan fingerprint density at radius 2 is 1.47 bits per heavy atom. The Balaban J connectivity index is 1.60. The Labute approximate surface area is 199 Å². The molecule has 0 aliphatic heterocycles. The van der Waals surface area contributed by atoms with E-state index in [-0.39, 0.29) is 28.5 Å². The summed E-state index contributed by atoms with van der Waals surface area (Å²) in [5.41, 5.74) is 0.779. The summed E-state index contributed by atoms with van der Waals surface area (Å²) >= 11 is 0. The molecule has 0 spiro atoms. The summed E-state index contributed by atoms with van der Waals surface area (Å²) in [5, 5.41) is 22.6. The second-order valence-corrected chi connectivity index (χ2v) is 14.7. The Morgan fingerprint density at radius 1 is 0.812 bits per heavy atom. The van der Waals surface area contributed by atoms with E-state index in [0.717, 1.165) is 37.0 Å². The van der Waals surface area contributed by atoms with Crippen molar-refractivity contribution >= 4 is 0 Å². The van der Waals surface area contributed by atoms with Gasteiger partial charge in [-0.05, 0) is 102 Å². The van der Waals surface area contributed by atoms with Crippen LogP contribution in [0.5, 0.6) is 0 Å². The number of aliphatic hydroxyl groups excluding tert-OH is 2. The van der Waals surface area contributed by atoms with Crippen molar-refractivity contribution in [2.24, 2.45) is 57.2 Å². The largest absolute Gasteiger partial charge is 0.393 e. The number of aliphatic hydroxyl groups is 2. The molecule has 0 heterocycles. The SMILES string of the molecule is CC(C)CCC[C@@H](C)[C@H]1CC[C@@]2(C)[C@@H]3[C@H](O)CC4C(C)(C)[C@@H](O)CC[C@]4(C)[C@H]3CC[C@]12C. The lowest BCUT2D eigenvalue weighted by Crippen LogP contribution is -2.65. The summed E-state index contributed by atoms with van der Waals surface area (Å²) in [7, 11) is 0. The molecule has 0 aromatic rings. The van der Waals surface area contributed by atoms with Crippen LogP contribution in [0, 0.1) is 57.2 Å². The van der Waals surface area contributed by atoms with Gasteiger partial charge in [-0.3, -0.25) is 0 Å². The van der Waals surface area contributed by atoms with Gasteiger partial charge in [-0.15, -0.1) is 0 Å². The number of hydrogen-bond donors (Lipinski definition) is 2. The van der Waals surface area contributed by atoms with Crippen molar-refractivity contribution in [2.45, 2.75) is 132 Å². The van der Waals surface area contributed by atoms with Crippen molar-refractivity contribution in [3.05, 3.63) is 0 Å². The van der Waals surface area contributed by atoms with E-state index in [4.69, 9.17) is 0 Å². The van der Waals surface area contributed by atoms with Crippen LogP contribution in [-0.4, -0.2) is 22.4 Å². The highest BCUT2D eigenvalue weighted by Gasteiger charge is 2.69. The quantitative estimate of drug-likeness (QED) is 0.460. The molecule has 2 N–H and O–H groups in total. The first kappa shape index (κ1) is 25.0. The zero-order valence-electron chi connectivity index (χ0n) is 22.6. The standard InChI is InChI=1S/C30H54O2/c1-19(2)10-9-11-20(3)21-12-17-30(8)26-22(13-16-29(21,30)7)28(6)15-14-25(32)27(4,5)24(28)18-23(26)31/h19-26,31-32H,9-18H2,1-8H3/t20-,21-,22+,23-,24?,25+,26+,28-,29-,30+/m1/s1. The average Bonchev–Trinajstić information content (AvgIpc) is 2.98. The van der Waals surface area contributed by atoms with Gasteiger partial charge in [0.05, 0.1) is 12.2 Å². The molecule has 1 unspecified atom stereocenters. The predicted molar refractivity (Wildman–Crippen MR) is 134 cm³/mol. The summed E-state index contributed by atoms with van der Waals surface area (Å²) in [5.74, 6) is 3.88. The zero-order chi connectivity index (χ0) is 23.7. The molecule has 4 aliphatic rings. The normalized spacial score (nSPS) is 51.1. The van der Waals surface area contributed by atoms with Gasteiger partial charge >= 0.3 is 0 Å². The van der Waals surface area contributed by atoms with Crippen LogP contribution in [0.3, 0.4) is 0 Å². The maximum absolute atomic E-state index is 11.7. The molecule has 0 amide bonds. The molecule has 0 radical (unpaired) electrons. The third-order valence-electron chi connectivity index (χ3n) is 12.6. The molecule has 0 aromatic carbocycles. The minimum absolute atomic E-state index is 0.0935. The van der Waals surface area contributed by atoms with Crippen molar-refractivity contribution in [1.82, 2.24) is 0 Å². The fourth-order valence-corrected chi connectivity index (χ4v) is 10.5. The van der Waals surface area contributed by atoms with E-state index in [2.05, 4.69) is 55.4 Å². The minimum atomic E-state index is -0.226. The molecule has 32 heavy (non-hydrogen) atoms. The molecular weight excluding hydrogens is 392 g/mol. The van der Waals surface area contributed by atoms with Crippen LogP contribution in [0.4, 0.5) is 0 Å². The van der Waals surface area contributed by atoms with Crippen molar-refractivity contribution in [1.29, 1.82) is 0 Å². The van der Waals surface area contributed by atoms with E-state index in [1.54, 1.807) is 0 Å². The monoisotopic (exact) mass is 446 g/mol. The van der Waals surface area contributed by atoms with Crippen LogP contribution >= 0.6 is 0 Å². The van der Waals surface area contributed by atoms with Gasteiger partial charge in [-0.25, -0.2) is 0 Å². The zero-order valence-corrected chi connectivity index (χ0v) is 22.6. The minimum Gasteiger partial charge on any atom is -0.393 e. The molecule has 2 heteroatoms.